The van der Waals surface area contributed by atoms with Crippen LogP contribution in [0.2, 0.25) is 0 Å². The maximum absolute atomic E-state index is 12.3. The molecule has 0 radical (unpaired) electrons. The Kier molecular flexibility index (Phi) is 3.44. The van der Waals surface area contributed by atoms with Crippen molar-refractivity contribution in [1.82, 2.24) is 10.2 Å². The van der Waals surface area contributed by atoms with Crippen LogP contribution in [0.5, 0.6) is 11.5 Å². The van der Waals surface area contributed by atoms with Gasteiger partial charge < -0.3 is 20.3 Å². The maximum atomic E-state index is 12.3. The first kappa shape index (κ1) is 16.8. The largest absolute Gasteiger partial charge is 0.504 e. The maximum Gasteiger partial charge on any atom is 0.165 e. The monoisotopic (exact) mass is 378 g/mol. The van der Waals surface area contributed by atoms with Crippen LogP contribution < -0.4 is 10.1 Å². The Morgan fingerprint density at radius 2 is 2.00 bits per heavy atom. The molecule has 3 aliphatic heterocycles. The van der Waals surface area contributed by atoms with Gasteiger partial charge in [-0.05, 0) is 43.0 Å². The van der Waals surface area contributed by atoms with Gasteiger partial charge in [-0.1, -0.05) is 36.4 Å². The predicted octanol–water partition coefficient (Wildman–Crippen LogP) is 1.95. The number of likely N-dealkylation sites (tertiary alicyclic amines) is 1. The zero-order valence-electron chi connectivity index (χ0n) is 15.9. The summed E-state index contributed by atoms with van der Waals surface area (Å²) in [6.45, 7) is 3.28. The Labute approximate surface area is 164 Å². The first-order chi connectivity index (χ1) is 13.6. The molecule has 1 aliphatic carbocycles. The molecule has 0 amide bonds. The van der Waals surface area contributed by atoms with Gasteiger partial charge in [0.15, 0.2) is 11.5 Å². The summed E-state index contributed by atoms with van der Waals surface area (Å²) >= 11 is 0. The van der Waals surface area contributed by atoms with Gasteiger partial charge in [0, 0.05) is 31.2 Å². The first-order valence-corrected chi connectivity index (χ1v) is 10.4. The van der Waals surface area contributed by atoms with Gasteiger partial charge in [-0.3, -0.25) is 4.90 Å². The fourth-order valence-corrected chi connectivity index (χ4v) is 6.50. The SMILES string of the molecule is Oc1ccc2c3c1O[C@H]1CNCC[C@@]4(O)[C@@H](C2)N(Cc2ccccc2)CC[C@]314. The van der Waals surface area contributed by atoms with E-state index in [1.165, 1.54) is 11.1 Å². The summed E-state index contributed by atoms with van der Waals surface area (Å²) in [7, 11) is 0. The molecule has 1 spiro atoms. The molecule has 4 atom stereocenters. The minimum atomic E-state index is -0.861. The van der Waals surface area contributed by atoms with E-state index in [0.717, 1.165) is 38.0 Å². The van der Waals surface area contributed by atoms with Crippen molar-refractivity contribution in [1.29, 1.82) is 0 Å². The topological polar surface area (TPSA) is 65.0 Å². The van der Waals surface area contributed by atoms with Crippen LogP contribution in [-0.4, -0.2) is 52.5 Å². The van der Waals surface area contributed by atoms with Crippen molar-refractivity contribution < 1.29 is 14.9 Å². The van der Waals surface area contributed by atoms with Gasteiger partial charge >= 0.3 is 0 Å². The molecule has 4 aliphatic rings. The van der Waals surface area contributed by atoms with Crippen LogP contribution >= 0.6 is 0 Å². The van der Waals surface area contributed by atoms with Crippen molar-refractivity contribution in [2.75, 3.05) is 19.6 Å². The van der Waals surface area contributed by atoms with Gasteiger partial charge in [0.25, 0.3) is 0 Å². The van der Waals surface area contributed by atoms with Crippen LogP contribution in [0.4, 0.5) is 0 Å². The summed E-state index contributed by atoms with van der Waals surface area (Å²) in [5.41, 5.74) is 2.30. The molecule has 2 aromatic rings. The summed E-state index contributed by atoms with van der Waals surface area (Å²) in [5.74, 6) is 0.813. The number of piperidine rings is 1. The molecular weight excluding hydrogens is 352 g/mol. The van der Waals surface area contributed by atoms with Gasteiger partial charge in [0.1, 0.15) is 6.10 Å². The lowest BCUT2D eigenvalue weighted by atomic mass is 9.52. The van der Waals surface area contributed by atoms with E-state index in [1.54, 1.807) is 6.07 Å². The number of hydrogen-bond donors (Lipinski definition) is 3. The molecule has 5 heteroatoms. The van der Waals surface area contributed by atoms with E-state index in [9.17, 15) is 10.2 Å². The molecule has 2 fully saturated rings. The Morgan fingerprint density at radius 3 is 2.86 bits per heavy atom. The average molecular weight is 378 g/mol. The van der Waals surface area contributed by atoms with Gasteiger partial charge in [-0.25, -0.2) is 0 Å². The summed E-state index contributed by atoms with van der Waals surface area (Å²) in [6, 6.07) is 14.4. The van der Waals surface area contributed by atoms with Gasteiger partial charge in [-0.2, -0.15) is 0 Å². The van der Waals surface area contributed by atoms with Crippen molar-refractivity contribution in [3.63, 3.8) is 0 Å². The lowest BCUT2D eigenvalue weighted by Crippen LogP contribution is -2.73. The third kappa shape index (κ3) is 1.97. The standard InChI is InChI=1S/C23H26N2O3/c26-17-7-6-16-12-18-23(27)8-10-24-13-19-22(23,20(16)21(17)28-19)9-11-25(18)14-15-4-2-1-3-5-15/h1-7,18-19,24,26-27H,8-14H2/t18-,19+,22-,23-/m1/s1. The van der Waals surface area contributed by atoms with Crippen LogP contribution in [0.15, 0.2) is 42.5 Å². The van der Waals surface area contributed by atoms with E-state index < -0.39 is 11.0 Å². The molecule has 146 valence electrons. The number of ether oxygens (including phenoxy) is 1. The smallest absolute Gasteiger partial charge is 0.165 e. The van der Waals surface area contributed by atoms with Crippen LogP contribution in [0.1, 0.15) is 29.5 Å². The molecule has 0 unspecified atom stereocenters. The van der Waals surface area contributed by atoms with Crippen molar-refractivity contribution >= 4 is 0 Å². The fraction of sp³-hybridized carbons (Fsp3) is 0.478. The molecular formula is C23H26N2O3. The Morgan fingerprint density at radius 1 is 1.14 bits per heavy atom. The number of aliphatic hydroxyl groups is 1. The van der Waals surface area contributed by atoms with Crippen molar-refractivity contribution in [3.8, 4) is 11.5 Å². The zero-order chi connectivity index (χ0) is 18.9. The molecule has 3 N–H and O–H groups in total. The second-order valence-corrected chi connectivity index (χ2v) is 8.83. The predicted molar refractivity (Wildman–Crippen MR) is 106 cm³/mol. The highest BCUT2D eigenvalue weighted by molar-refractivity contribution is 5.62. The average Bonchev–Trinajstić information content (AvgIpc) is 2.95. The quantitative estimate of drug-likeness (QED) is 0.746. The molecule has 3 heterocycles. The molecule has 5 nitrogen and oxygen atoms in total. The third-order valence-corrected chi connectivity index (χ3v) is 7.69. The van der Waals surface area contributed by atoms with Crippen LogP contribution in [0.25, 0.3) is 0 Å². The second-order valence-electron chi connectivity index (χ2n) is 8.83. The number of hydrogen-bond acceptors (Lipinski definition) is 5. The Hall–Kier alpha value is -2.08. The number of aromatic hydroxyl groups is 1. The van der Waals surface area contributed by atoms with Crippen LogP contribution in [-0.2, 0) is 18.4 Å². The van der Waals surface area contributed by atoms with E-state index >= 15 is 0 Å². The van der Waals surface area contributed by atoms with E-state index in [1.807, 2.05) is 12.1 Å². The zero-order valence-corrected chi connectivity index (χ0v) is 15.9. The lowest BCUT2D eigenvalue weighted by Gasteiger charge is -2.60. The molecule has 0 saturated carbocycles. The summed E-state index contributed by atoms with van der Waals surface area (Å²) in [6.07, 6.45) is 2.22. The van der Waals surface area contributed by atoms with Crippen molar-refractivity contribution in [2.24, 2.45) is 0 Å². The van der Waals surface area contributed by atoms with Gasteiger partial charge in [0.05, 0.1) is 11.0 Å². The molecule has 0 aromatic heterocycles. The van der Waals surface area contributed by atoms with Crippen molar-refractivity contribution in [3.05, 3.63) is 59.2 Å². The molecule has 2 saturated heterocycles. The Bertz CT molecular complexity index is 933. The minimum absolute atomic E-state index is 0.0513. The van der Waals surface area contributed by atoms with Gasteiger partial charge in [0.2, 0.25) is 0 Å². The number of nitrogens with zero attached hydrogens (tertiary/aromatic N) is 1. The van der Waals surface area contributed by atoms with Crippen LogP contribution in [0.3, 0.4) is 0 Å². The highest BCUT2D eigenvalue weighted by Gasteiger charge is 2.70. The molecule has 28 heavy (non-hydrogen) atoms. The summed E-state index contributed by atoms with van der Waals surface area (Å²) < 4.78 is 6.32. The number of rotatable bonds is 2. The minimum Gasteiger partial charge on any atom is -0.504 e. The lowest BCUT2D eigenvalue weighted by molar-refractivity contribution is -0.163. The fourth-order valence-electron chi connectivity index (χ4n) is 6.50. The van der Waals surface area contributed by atoms with E-state index in [0.29, 0.717) is 18.7 Å². The number of phenols is 1. The number of phenolic OH excluding ortho intramolecular Hbond substituents is 1. The van der Waals surface area contributed by atoms with E-state index in [2.05, 4.69) is 34.5 Å². The molecule has 2 aromatic carbocycles. The summed E-state index contributed by atoms with van der Waals surface area (Å²) in [4.78, 5) is 2.47. The molecule has 2 bridgehead atoms. The van der Waals surface area contributed by atoms with Crippen LogP contribution in [0, 0.1) is 0 Å². The summed E-state index contributed by atoms with van der Waals surface area (Å²) in [5, 5.41) is 26.2. The molecule has 6 rings (SSSR count). The third-order valence-electron chi connectivity index (χ3n) is 7.69. The second kappa shape index (κ2) is 5.72. The number of nitrogens with one attached hydrogen (secondary N) is 1. The normalized spacial score (nSPS) is 35.8. The van der Waals surface area contributed by atoms with E-state index in [4.69, 9.17) is 4.74 Å². The van der Waals surface area contributed by atoms with Gasteiger partial charge in [-0.15, -0.1) is 0 Å². The Balaban J connectivity index is 1.51. The highest BCUT2D eigenvalue weighted by Crippen LogP contribution is 2.63. The number of benzene rings is 2. The van der Waals surface area contributed by atoms with E-state index in [-0.39, 0.29) is 17.9 Å². The van der Waals surface area contributed by atoms with Crippen molar-refractivity contribution in [2.45, 2.75) is 49.0 Å². The first-order valence-electron chi connectivity index (χ1n) is 10.4. The highest BCUT2D eigenvalue weighted by atomic mass is 16.5.